The highest BCUT2D eigenvalue weighted by molar-refractivity contribution is 7.80. The molecule has 42 heavy (non-hydrogen) atoms. The van der Waals surface area contributed by atoms with Gasteiger partial charge in [0.1, 0.15) is 22.0 Å². The first-order chi connectivity index (χ1) is 20.3. The number of benzene rings is 3. The fourth-order valence-corrected chi connectivity index (χ4v) is 7.03. The van der Waals surface area contributed by atoms with Crippen molar-refractivity contribution in [1.82, 2.24) is 5.01 Å². The number of nitrogens with zero attached hydrogens (tertiary/aromatic N) is 3. The number of thiophene rings is 1. The molecule has 1 atom stereocenters. The van der Waals surface area contributed by atoms with Gasteiger partial charge < -0.3 is 15.0 Å². The van der Waals surface area contributed by atoms with E-state index < -0.39 is 5.54 Å². The highest BCUT2D eigenvalue weighted by atomic mass is 32.1. The molecule has 0 saturated heterocycles. The lowest BCUT2D eigenvalue weighted by Crippen LogP contribution is -2.44. The smallest absolute Gasteiger partial charge is 0.250 e. The number of rotatable bonds is 7. The van der Waals surface area contributed by atoms with Gasteiger partial charge in [-0.25, -0.2) is 5.01 Å². The van der Waals surface area contributed by atoms with E-state index in [-0.39, 0.29) is 5.91 Å². The molecule has 3 heterocycles. The SMILES string of the molecule is C=CC(=O)N(CC)c1cc2c(cc1C)C1(c3cc(C)c(NCC)cc3O2)c2ccccc2C(=S)N1/N=C/c1cccs1. The van der Waals surface area contributed by atoms with Gasteiger partial charge >= 0.3 is 0 Å². The highest BCUT2D eigenvalue weighted by Crippen LogP contribution is 2.59. The van der Waals surface area contributed by atoms with Gasteiger partial charge in [-0.2, -0.15) is 5.10 Å². The Kier molecular flexibility index (Phi) is 7.20. The minimum Gasteiger partial charge on any atom is -0.456 e. The molecule has 6 nitrogen and oxygen atoms in total. The summed E-state index contributed by atoms with van der Waals surface area (Å²) in [5, 5.41) is 12.6. The van der Waals surface area contributed by atoms with Gasteiger partial charge in [0.2, 0.25) is 5.91 Å². The maximum atomic E-state index is 12.8. The molecule has 212 valence electrons. The number of amides is 1. The second-order valence-electron chi connectivity index (χ2n) is 10.4. The highest BCUT2D eigenvalue weighted by Gasteiger charge is 2.56. The van der Waals surface area contributed by atoms with E-state index in [2.05, 4.69) is 56.1 Å². The average Bonchev–Trinajstić information content (AvgIpc) is 3.60. The van der Waals surface area contributed by atoms with Crippen molar-refractivity contribution >= 4 is 52.0 Å². The second-order valence-corrected chi connectivity index (χ2v) is 11.7. The van der Waals surface area contributed by atoms with Crippen molar-refractivity contribution in [3.05, 3.63) is 117 Å². The monoisotopic (exact) mass is 592 g/mol. The summed E-state index contributed by atoms with van der Waals surface area (Å²) in [6, 6.07) is 20.7. The largest absolute Gasteiger partial charge is 0.456 e. The van der Waals surface area contributed by atoms with E-state index in [1.54, 1.807) is 16.2 Å². The Morgan fingerprint density at radius 1 is 1.07 bits per heavy atom. The Morgan fingerprint density at radius 2 is 1.81 bits per heavy atom. The Labute approximate surface area is 255 Å². The summed E-state index contributed by atoms with van der Waals surface area (Å²) < 4.78 is 6.74. The predicted molar refractivity (Wildman–Crippen MR) is 177 cm³/mol. The van der Waals surface area contributed by atoms with Crippen LogP contribution in [0.1, 0.15) is 52.1 Å². The zero-order chi connectivity index (χ0) is 29.6. The number of hydrogen-bond donors (Lipinski definition) is 1. The van der Waals surface area contributed by atoms with Crippen LogP contribution in [-0.4, -0.2) is 35.2 Å². The Morgan fingerprint density at radius 3 is 2.50 bits per heavy atom. The summed E-state index contributed by atoms with van der Waals surface area (Å²) in [4.78, 5) is 16.2. The van der Waals surface area contributed by atoms with Gasteiger partial charge in [-0.3, -0.25) is 4.79 Å². The van der Waals surface area contributed by atoms with Crippen LogP contribution in [0.25, 0.3) is 0 Å². The van der Waals surface area contributed by atoms with Gasteiger partial charge in [0.05, 0.1) is 11.9 Å². The van der Waals surface area contributed by atoms with Crippen molar-refractivity contribution in [2.75, 3.05) is 23.3 Å². The number of thiocarbonyl (C=S) groups is 1. The van der Waals surface area contributed by atoms with Crippen molar-refractivity contribution in [2.24, 2.45) is 5.10 Å². The zero-order valence-electron chi connectivity index (χ0n) is 24.1. The lowest BCUT2D eigenvalue weighted by atomic mass is 9.74. The number of hydrogen-bond acceptors (Lipinski definition) is 6. The van der Waals surface area contributed by atoms with Crippen LogP contribution in [0.4, 0.5) is 11.4 Å². The third-order valence-corrected chi connectivity index (χ3v) is 9.14. The number of ether oxygens (including phenoxy) is 1. The molecular formula is C34H32N4O2S2. The molecule has 0 radical (unpaired) electrons. The van der Waals surface area contributed by atoms with Crippen molar-refractivity contribution in [3.8, 4) is 11.5 Å². The van der Waals surface area contributed by atoms with Gasteiger partial charge in [-0.15, -0.1) is 11.3 Å². The van der Waals surface area contributed by atoms with Gasteiger partial charge in [0.25, 0.3) is 0 Å². The van der Waals surface area contributed by atoms with E-state index in [4.69, 9.17) is 22.1 Å². The Hall–Kier alpha value is -4.27. The fourth-order valence-electron chi connectivity index (χ4n) is 6.09. The molecule has 0 bridgehead atoms. The summed E-state index contributed by atoms with van der Waals surface area (Å²) in [5.74, 6) is 1.21. The van der Waals surface area contributed by atoms with Crippen molar-refractivity contribution < 1.29 is 9.53 Å². The normalized spacial score (nSPS) is 16.7. The van der Waals surface area contributed by atoms with Gasteiger partial charge in [-0.1, -0.05) is 49.1 Å². The second kappa shape index (κ2) is 10.9. The summed E-state index contributed by atoms with van der Waals surface area (Å²) in [6.07, 6.45) is 3.22. The van der Waals surface area contributed by atoms with Crippen LogP contribution in [0.2, 0.25) is 0 Å². The Bertz CT molecular complexity index is 1760. The number of carbonyl (C=O) groups excluding carboxylic acids is 1. The molecule has 6 rings (SSSR count). The van der Waals surface area contributed by atoms with Crippen LogP contribution in [0, 0.1) is 13.8 Å². The van der Waals surface area contributed by atoms with E-state index >= 15 is 0 Å². The first kappa shape index (κ1) is 27.9. The summed E-state index contributed by atoms with van der Waals surface area (Å²) in [7, 11) is 0. The fraction of sp³-hybridized carbons (Fsp3) is 0.206. The molecule has 0 fully saturated rings. The maximum Gasteiger partial charge on any atom is 0.250 e. The van der Waals surface area contributed by atoms with Crippen molar-refractivity contribution in [3.63, 3.8) is 0 Å². The van der Waals surface area contributed by atoms with Crippen LogP contribution in [0.3, 0.4) is 0 Å². The molecule has 2 aliphatic heterocycles. The minimum absolute atomic E-state index is 0.161. The maximum absolute atomic E-state index is 12.8. The van der Waals surface area contributed by atoms with E-state index in [1.807, 2.05) is 60.8 Å². The van der Waals surface area contributed by atoms with Gasteiger partial charge in [0.15, 0.2) is 0 Å². The number of likely N-dealkylation sites (N-methyl/N-ethyl adjacent to an activating group) is 1. The van der Waals surface area contributed by atoms with Crippen molar-refractivity contribution in [2.45, 2.75) is 33.2 Å². The van der Waals surface area contributed by atoms with E-state index in [0.717, 1.165) is 56.2 Å². The number of nitrogens with one attached hydrogen (secondary N) is 1. The number of fused-ring (bicyclic) bond motifs is 6. The molecule has 4 aromatic rings. The first-order valence-electron chi connectivity index (χ1n) is 14.0. The van der Waals surface area contributed by atoms with E-state index in [1.165, 1.54) is 6.08 Å². The predicted octanol–water partition coefficient (Wildman–Crippen LogP) is 7.76. The number of carbonyl (C=O) groups is 1. The summed E-state index contributed by atoms with van der Waals surface area (Å²) in [5.41, 5.74) is 6.82. The third kappa shape index (κ3) is 4.16. The molecular weight excluding hydrogens is 561 g/mol. The molecule has 1 spiro atoms. The first-order valence-corrected chi connectivity index (χ1v) is 15.3. The van der Waals surface area contributed by atoms with E-state index in [9.17, 15) is 4.79 Å². The molecule has 1 unspecified atom stereocenters. The Balaban J connectivity index is 1.69. The lowest BCUT2D eigenvalue weighted by molar-refractivity contribution is -0.114. The van der Waals surface area contributed by atoms with Crippen LogP contribution in [0.5, 0.6) is 11.5 Å². The summed E-state index contributed by atoms with van der Waals surface area (Å²) >= 11 is 7.79. The molecule has 0 aliphatic carbocycles. The van der Waals surface area contributed by atoms with Crippen LogP contribution in [0.15, 0.2) is 83.8 Å². The molecule has 3 aromatic carbocycles. The topological polar surface area (TPSA) is 57.2 Å². The minimum atomic E-state index is -0.886. The zero-order valence-corrected chi connectivity index (χ0v) is 25.7. The van der Waals surface area contributed by atoms with E-state index in [0.29, 0.717) is 23.0 Å². The summed E-state index contributed by atoms with van der Waals surface area (Å²) in [6.45, 7) is 13.2. The van der Waals surface area contributed by atoms with Crippen LogP contribution in [-0.2, 0) is 10.3 Å². The number of aryl methyl sites for hydroxylation is 2. The van der Waals surface area contributed by atoms with Gasteiger partial charge in [0, 0.05) is 52.5 Å². The molecule has 2 aliphatic rings. The number of anilines is 2. The molecule has 0 saturated carbocycles. The quantitative estimate of drug-likeness (QED) is 0.135. The standard InChI is InChI=1S/C34H32N4O2S2/c1-6-32(39)37(8-3)29-19-31-27(17-22(29)5)34(26-16-21(4)28(35-7-2)18-30(26)40-31)25-14-10-9-13-24(25)33(41)38(34)36-20-23-12-11-15-42-23/h6,9-20,35H,1,7-8H2,2-5H3/b36-20+. The van der Waals surface area contributed by atoms with Gasteiger partial charge in [-0.05, 0) is 74.0 Å². The van der Waals surface area contributed by atoms with Crippen LogP contribution >= 0.6 is 23.6 Å². The lowest BCUT2D eigenvalue weighted by Gasteiger charge is -2.43. The number of hydrazone groups is 1. The van der Waals surface area contributed by atoms with Crippen molar-refractivity contribution in [1.29, 1.82) is 0 Å². The van der Waals surface area contributed by atoms with Crippen LogP contribution < -0.4 is 15.0 Å². The molecule has 1 N–H and O–H groups in total. The molecule has 1 amide bonds. The molecule has 8 heteroatoms. The third-order valence-electron chi connectivity index (χ3n) is 7.94. The molecule has 1 aromatic heterocycles. The average molecular weight is 593 g/mol.